The van der Waals surface area contributed by atoms with Gasteiger partial charge < -0.3 is 10.0 Å². The Bertz CT molecular complexity index is 252. The number of rotatable bonds is 9. The average Bonchev–Trinajstić information content (AvgIpc) is 2.23. The summed E-state index contributed by atoms with van der Waals surface area (Å²) in [5.41, 5.74) is 0. The molecule has 0 aliphatic rings. The summed E-state index contributed by atoms with van der Waals surface area (Å²) >= 11 is 0. The highest BCUT2D eigenvalue weighted by Gasteiger charge is 2.78. The van der Waals surface area contributed by atoms with Crippen LogP contribution < -0.4 is 0 Å². The largest absolute Gasteiger partial charge is 0.489 e. The molecule has 0 heterocycles. The van der Waals surface area contributed by atoms with E-state index in [-0.39, 0.29) is 6.54 Å². The van der Waals surface area contributed by atoms with Crippen LogP contribution in [0.3, 0.4) is 0 Å². The predicted molar refractivity (Wildman–Crippen MR) is 73.7 cm³/mol. The van der Waals surface area contributed by atoms with Gasteiger partial charge in [-0.3, -0.25) is 0 Å². The highest BCUT2D eigenvalue weighted by Crippen LogP contribution is 2.77. The highest BCUT2D eigenvalue weighted by atomic mass is 31.3. The number of aliphatic hydroxyl groups is 1. The monoisotopic (exact) mass is 321 g/mol. The number of nitrogens with zero attached hydrogens (tertiary/aromatic N) is 1. The first-order chi connectivity index (χ1) is 8.45. The summed E-state index contributed by atoms with van der Waals surface area (Å²) < 4.78 is 0. The first-order valence-electron chi connectivity index (χ1n) is 6.01. The van der Waals surface area contributed by atoms with E-state index in [2.05, 4.69) is 0 Å². The van der Waals surface area contributed by atoms with E-state index in [1.807, 2.05) is 6.92 Å². The van der Waals surface area contributed by atoms with Crippen LogP contribution in [0.5, 0.6) is 0 Å². The van der Waals surface area contributed by atoms with Gasteiger partial charge in [0.15, 0.2) is 0 Å². The van der Waals surface area contributed by atoms with Crippen LogP contribution >= 0.6 is 15.9 Å². The molecule has 19 heavy (non-hydrogen) atoms. The molecule has 0 aromatic rings. The summed E-state index contributed by atoms with van der Waals surface area (Å²) in [6.45, 7) is 2.78. The van der Waals surface area contributed by atoms with E-state index >= 15 is 0 Å². The zero-order chi connectivity index (χ0) is 15.3. The lowest BCUT2D eigenvalue weighted by Crippen LogP contribution is -2.38. The van der Waals surface area contributed by atoms with Crippen LogP contribution in [0.2, 0.25) is 0 Å². The average molecular weight is 321 g/mol. The molecule has 0 aromatic carbocycles. The van der Waals surface area contributed by atoms with Gasteiger partial charge in [-0.1, -0.05) is 19.8 Å². The van der Waals surface area contributed by atoms with E-state index in [0.717, 1.165) is 19.3 Å². The van der Waals surface area contributed by atoms with Crippen molar-refractivity contribution in [2.24, 2.45) is 0 Å². The van der Waals surface area contributed by atoms with Gasteiger partial charge in [-0.15, -0.1) is 0 Å². The molecule has 0 saturated carbocycles. The van der Waals surface area contributed by atoms with Crippen LogP contribution in [0.15, 0.2) is 0 Å². The molecule has 8 nitrogen and oxygen atoms in total. The van der Waals surface area contributed by atoms with Crippen LogP contribution in [0, 0.1) is 0 Å². The Balaban J connectivity index is 4.54. The van der Waals surface area contributed by atoms with Gasteiger partial charge >= 0.3 is 21.0 Å². The SMILES string of the molecule is CCCCCN(C)CCC(O)([P+](O)(O)O)[P+](O)(O)O. The predicted octanol–water partition coefficient (Wildman–Crippen LogP) is -0.376. The van der Waals surface area contributed by atoms with E-state index in [1.165, 1.54) is 0 Å². The molecule has 0 radical (unpaired) electrons. The Morgan fingerprint density at radius 1 is 0.895 bits per heavy atom. The van der Waals surface area contributed by atoms with Crippen LogP contribution in [-0.4, -0.2) is 64.6 Å². The van der Waals surface area contributed by atoms with Crippen molar-refractivity contribution in [2.45, 2.75) is 37.7 Å². The Labute approximate surface area is 114 Å². The second-order valence-corrected chi connectivity index (χ2v) is 8.78. The van der Waals surface area contributed by atoms with E-state index in [9.17, 15) is 5.11 Å². The maximum absolute atomic E-state index is 9.78. The molecule has 0 bridgehead atoms. The molecule has 0 aliphatic carbocycles. The number of hydrogen-bond donors (Lipinski definition) is 7. The van der Waals surface area contributed by atoms with Crippen LogP contribution in [0.25, 0.3) is 0 Å². The zero-order valence-corrected chi connectivity index (χ0v) is 13.0. The first-order valence-corrected chi connectivity index (χ1v) is 9.31. The third-order valence-electron chi connectivity index (χ3n) is 2.93. The van der Waals surface area contributed by atoms with Crippen molar-refractivity contribution >= 4 is 15.9 Å². The van der Waals surface area contributed by atoms with Crippen molar-refractivity contribution in [1.29, 1.82) is 0 Å². The van der Waals surface area contributed by atoms with Gasteiger partial charge in [0.2, 0.25) is 0 Å². The second-order valence-electron chi connectivity index (χ2n) is 4.67. The normalized spacial score (nSPS) is 14.2. The van der Waals surface area contributed by atoms with Crippen molar-refractivity contribution in [3.63, 3.8) is 0 Å². The quantitative estimate of drug-likeness (QED) is 0.225. The first kappa shape index (κ1) is 19.5. The highest BCUT2D eigenvalue weighted by molar-refractivity contribution is 7.78. The van der Waals surface area contributed by atoms with Crippen molar-refractivity contribution in [1.82, 2.24) is 4.90 Å². The molecule has 0 aliphatic heterocycles. The van der Waals surface area contributed by atoms with Crippen molar-refractivity contribution in [2.75, 3.05) is 20.1 Å². The molecule has 0 fully saturated rings. The molecule has 0 spiro atoms. The number of hydrogen-bond acceptors (Lipinski definition) is 8. The fourth-order valence-corrected chi connectivity index (χ4v) is 3.80. The van der Waals surface area contributed by atoms with E-state index in [4.69, 9.17) is 29.4 Å². The van der Waals surface area contributed by atoms with Gasteiger partial charge in [0.25, 0.3) is 0 Å². The van der Waals surface area contributed by atoms with E-state index in [0.29, 0.717) is 6.54 Å². The van der Waals surface area contributed by atoms with Gasteiger partial charge in [0.1, 0.15) is 0 Å². The molecule has 0 amide bonds. The Morgan fingerprint density at radius 3 is 1.74 bits per heavy atom. The fraction of sp³-hybridized carbons (Fsp3) is 1.00. The molecule has 116 valence electrons. The summed E-state index contributed by atoms with van der Waals surface area (Å²) in [6, 6.07) is 0. The summed E-state index contributed by atoms with van der Waals surface area (Å²) in [7, 11) is -8.33. The fourth-order valence-electron chi connectivity index (χ4n) is 1.56. The van der Waals surface area contributed by atoms with Gasteiger partial charge in [0.05, 0.1) is 6.42 Å². The maximum Gasteiger partial charge on any atom is 0.489 e. The van der Waals surface area contributed by atoms with Gasteiger partial charge in [-0.05, 0) is 20.0 Å². The Hall–Kier alpha value is 0.540. The van der Waals surface area contributed by atoms with Crippen molar-refractivity contribution in [3.05, 3.63) is 0 Å². The van der Waals surface area contributed by atoms with Gasteiger partial charge in [-0.2, -0.15) is 29.4 Å². The summed E-state index contributed by atoms with van der Waals surface area (Å²) in [5.74, 6) is 0. The van der Waals surface area contributed by atoms with E-state index in [1.54, 1.807) is 11.9 Å². The maximum atomic E-state index is 9.78. The summed E-state index contributed by atoms with van der Waals surface area (Å²) in [5, 5.41) is 6.69. The van der Waals surface area contributed by atoms with Gasteiger partial charge in [0, 0.05) is 6.54 Å². The summed E-state index contributed by atoms with van der Waals surface area (Å²) in [4.78, 5) is 56.3. The topological polar surface area (TPSA) is 145 Å². The van der Waals surface area contributed by atoms with Crippen LogP contribution in [0.1, 0.15) is 32.6 Å². The third kappa shape index (κ3) is 5.81. The summed E-state index contributed by atoms with van der Waals surface area (Å²) in [6.07, 6.45) is 2.39. The van der Waals surface area contributed by atoms with Crippen LogP contribution in [0.4, 0.5) is 0 Å². The Morgan fingerprint density at radius 2 is 1.37 bits per heavy atom. The third-order valence-corrected chi connectivity index (χ3v) is 6.91. The molecule has 0 atom stereocenters. The molecule has 0 unspecified atom stereocenters. The molecule has 0 aromatic heterocycles. The molecular weight excluding hydrogens is 296 g/mol. The Kier molecular flexibility index (Phi) is 7.73. The minimum atomic E-state index is -5.02. The zero-order valence-electron chi connectivity index (χ0n) is 11.2. The smallest absolute Gasteiger partial charge is 0.314 e. The molecule has 10 heteroatoms. The minimum absolute atomic E-state index is 0.0626. The van der Waals surface area contributed by atoms with Crippen molar-refractivity contribution < 1.29 is 34.5 Å². The molecule has 7 N–H and O–H groups in total. The second kappa shape index (κ2) is 7.52. The lowest BCUT2D eigenvalue weighted by molar-refractivity contribution is 0.0880. The lowest BCUT2D eigenvalue weighted by Gasteiger charge is -2.26. The lowest BCUT2D eigenvalue weighted by atomic mass is 10.2. The molecule has 0 rings (SSSR count). The van der Waals surface area contributed by atoms with Gasteiger partial charge in [-0.25, -0.2) is 0 Å². The minimum Gasteiger partial charge on any atom is -0.314 e. The standard InChI is InChI=1S/C9H25NO7P2/c1-3-4-5-7-10(2)8-6-9(11,18(12,13)14)19(15,16)17/h11-17H,3-8H2,1-2H3/q+2. The molecular formula is C9H25NO7P2+2. The van der Waals surface area contributed by atoms with E-state index < -0.39 is 27.4 Å². The van der Waals surface area contributed by atoms with Crippen LogP contribution in [-0.2, 0) is 0 Å². The molecule has 0 saturated heterocycles. The number of unbranched alkanes of at least 4 members (excludes halogenated alkanes) is 2. The van der Waals surface area contributed by atoms with Crippen molar-refractivity contribution in [3.8, 4) is 0 Å².